The fourth-order valence-corrected chi connectivity index (χ4v) is 2.56. The largest absolute Gasteiger partial charge is 0.467 e. The first-order chi connectivity index (χ1) is 9.70. The average molecular weight is 281 g/mol. The molecule has 0 spiro atoms. The van der Waals surface area contributed by atoms with Crippen molar-refractivity contribution in [1.29, 1.82) is 0 Å². The van der Waals surface area contributed by atoms with E-state index in [0.29, 0.717) is 13.0 Å². The molecule has 1 atom stereocenters. The Kier molecular flexibility index (Phi) is 8.00. The number of hydrogen-bond acceptors (Lipinski definition) is 3. The van der Waals surface area contributed by atoms with Crippen molar-refractivity contribution < 1.29 is 14.3 Å². The minimum atomic E-state index is -0.387. The zero-order chi connectivity index (χ0) is 14.8. The Labute approximate surface area is 122 Å². The molecule has 1 saturated heterocycles. The van der Waals surface area contributed by atoms with Crippen LogP contribution in [-0.2, 0) is 14.3 Å². The van der Waals surface area contributed by atoms with E-state index in [4.69, 9.17) is 4.74 Å². The van der Waals surface area contributed by atoms with Crippen LogP contribution in [-0.4, -0.2) is 36.5 Å². The number of allylic oxidation sites excluding steroid dienone is 1. The lowest BCUT2D eigenvalue weighted by Gasteiger charge is -2.20. The summed E-state index contributed by atoms with van der Waals surface area (Å²) in [6.45, 7) is 2.85. The normalized spacial score (nSPS) is 18.7. The predicted octanol–water partition coefficient (Wildman–Crippen LogP) is 3.07. The molecule has 0 aromatic rings. The number of likely N-dealkylation sites (tertiary alicyclic amines) is 1. The van der Waals surface area contributed by atoms with Gasteiger partial charge in [-0.3, -0.25) is 4.79 Å². The van der Waals surface area contributed by atoms with Gasteiger partial charge in [0, 0.05) is 6.54 Å². The molecule has 0 aliphatic carbocycles. The summed E-state index contributed by atoms with van der Waals surface area (Å²) in [6.07, 6.45) is 12.2. The van der Waals surface area contributed by atoms with Crippen molar-refractivity contribution in [1.82, 2.24) is 4.90 Å². The van der Waals surface area contributed by atoms with E-state index in [-0.39, 0.29) is 17.9 Å². The maximum atomic E-state index is 12.0. The summed E-state index contributed by atoms with van der Waals surface area (Å²) in [5.74, 6) is -0.365. The van der Waals surface area contributed by atoms with Crippen molar-refractivity contribution in [2.24, 2.45) is 0 Å². The van der Waals surface area contributed by atoms with Gasteiger partial charge in [-0.1, -0.05) is 38.7 Å². The molecule has 0 N–H and O–H groups in total. The summed E-state index contributed by atoms with van der Waals surface area (Å²) in [4.78, 5) is 25.2. The number of carbonyl (C=O) groups is 2. The maximum absolute atomic E-state index is 12.0. The first kappa shape index (κ1) is 16.7. The third kappa shape index (κ3) is 5.35. The van der Waals surface area contributed by atoms with E-state index in [9.17, 15) is 9.59 Å². The van der Waals surface area contributed by atoms with E-state index < -0.39 is 0 Å². The van der Waals surface area contributed by atoms with Crippen molar-refractivity contribution in [3.05, 3.63) is 12.2 Å². The number of esters is 1. The number of carbonyl (C=O) groups excluding carboxylic acids is 2. The van der Waals surface area contributed by atoms with Gasteiger partial charge in [0.15, 0.2) is 0 Å². The molecule has 1 aliphatic rings. The average Bonchev–Trinajstić information content (AvgIpc) is 2.94. The smallest absolute Gasteiger partial charge is 0.328 e. The molecule has 114 valence electrons. The summed E-state index contributed by atoms with van der Waals surface area (Å²) in [6, 6.07) is -0.387. The molecule has 0 aromatic carbocycles. The van der Waals surface area contributed by atoms with E-state index in [1.165, 1.54) is 32.8 Å². The third-order valence-corrected chi connectivity index (χ3v) is 3.74. The van der Waals surface area contributed by atoms with E-state index in [0.717, 1.165) is 19.3 Å². The van der Waals surface area contributed by atoms with E-state index in [1.807, 2.05) is 6.08 Å². The minimum Gasteiger partial charge on any atom is -0.467 e. The van der Waals surface area contributed by atoms with Crippen LogP contribution in [0.4, 0.5) is 0 Å². The maximum Gasteiger partial charge on any atom is 0.328 e. The molecule has 0 radical (unpaired) electrons. The molecule has 1 unspecified atom stereocenters. The number of amides is 1. The van der Waals surface area contributed by atoms with Gasteiger partial charge in [-0.15, -0.1) is 0 Å². The number of hydrogen-bond donors (Lipinski definition) is 0. The second-order valence-corrected chi connectivity index (χ2v) is 5.32. The Morgan fingerprint density at radius 2 is 2.00 bits per heavy atom. The molecule has 4 nitrogen and oxygen atoms in total. The molecule has 0 bridgehead atoms. The van der Waals surface area contributed by atoms with Crippen LogP contribution in [0, 0.1) is 0 Å². The Hall–Kier alpha value is -1.32. The van der Waals surface area contributed by atoms with Crippen LogP contribution >= 0.6 is 0 Å². The van der Waals surface area contributed by atoms with Gasteiger partial charge < -0.3 is 9.64 Å². The number of unbranched alkanes of at least 4 members (excludes halogenated alkanes) is 5. The second kappa shape index (κ2) is 9.56. The van der Waals surface area contributed by atoms with Gasteiger partial charge in [-0.2, -0.15) is 0 Å². The van der Waals surface area contributed by atoms with Gasteiger partial charge in [0.25, 0.3) is 0 Å². The third-order valence-electron chi connectivity index (χ3n) is 3.74. The Morgan fingerprint density at radius 3 is 2.70 bits per heavy atom. The van der Waals surface area contributed by atoms with Crippen molar-refractivity contribution >= 4 is 11.9 Å². The molecular weight excluding hydrogens is 254 g/mol. The van der Waals surface area contributed by atoms with E-state index in [2.05, 4.69) is 6.92 Å². The monoisotopic (exact) mass is 281 g/mol. The molecule has 1 fully saturated rings. The Bertz CT molecular complexity index is 339. The first-order valence-corrected chi connectivity index (χ1v) is 7.75. The summed E-state index contributed by atoms with van der Waals surface area (Å²) in [5, 5.41) is 0. The quantitative estimate of drug-likeness (QED) is 0.390. The lowest BCUT2D eigenvalue weighted by Crippen LogP contribution is -2.40. The lowest BCUT2D eigenvalue weighted by atomic mass is 10.1. The summed E-state index contributed by atoms with van der Waals surface area (Å²) in [5.41, 5.74) is 0. The Morgan fingerprint density at radius 1 is 1.25 bits per heavy atom. The van der Waals surface area contributed by atoms with Crippen molar-refractivity contribution in [2.45, 2.75) is 64.3 Å². The van der Waals surface area contributed by atoms with E-state index >= 15 is 0 Å². The molecular formula is C16H27NO3. The topological polar surface area (TPSA) is 46.6 Å². The van der Waals surface area contributed by atoms with Crippen LogP contribution in [0.2, 0.25) is 0 Å². The summed E-state index contributed by atoms with van der Waals surface area (Å²) in [7, 11) is 1.37. The molecule has 0 aromatic heterocycles. The molecule has 1 heterocycles. The molecule has 1 amide bonds. The van der Waals surface area contributed by atoms with Gasteiger partial charge in [0.1, 0.15) is 6.04 Å². The SMILES string of the molecule is CCCCCCCC=CC(=O)N1CCCC1C(=O)OC. The highest BCUT2D eigenvalue weighted by Gasteiger charge is 2.33. The standard InChI is InChI=1S/C16H27NO3/c1-3-4-5-6-7-8-9-12-15(18)17-13-10-11-14(17)16(19)20-2/h9,12,14H,3-8,10-11,13H2,1-2H3. The van der Waals surface area contributed by atoms with Crippen LogP contribution < -0.4 is 0 Å². The first-order valence-electron chi connectivity index (χ1n) is 7.75. The number of methoxy groups -OCH3 is 1. The molecule has 1 aliphatic heterocycles. The van der Waals surface area contributed by atoms with Gasteiger partial charge in [-0.05, 0) is 31.8 Å². The summed E-state index contributed by atoms with van der Waals surface area (Å²) >= 11 is 0. The zero-order valence-corrected chi connectivity index (χ0v) is 12.8. The van der Waals surface area contributed by atoms with Crippen LogP contribution in [0.25, 0.3) is 0 Å². The molecule has 1 rings (SSSR count). The lowest BCUT2D eigenvalue weighted by molar-refractivity contribution is -0.149. The molecule has 0 saturated carbocycles. The highest BCUT2D eigenvalue weighted by molar-refractivity contribution is 5.91. The second-order valence-electron chi connectivity index (χ2n) is 5.32. The summed E-state index contributed by atoms with van der Waals surface area (Å²) < 4.78 is 4.74. The van der Waals surface area contributed by atoms with Gasteiger partial charge in [0.2, 0.25) is 5.91 Å². The fourth-order valence-electron chi connectivity index (χ4n) is 2.56. The fraction of sp³-hybridized carbons (Fsp3) is 0.750. The minimum absolute atomic E-state index is 0.0635. The highest BCUT2D eigenvalue weighted by Crippen LogP contribution is 2.18. The van der Waals surface area contributed by atoms with Crippen LogP contribution in [0.5, 0.6) is 0 Å². The molecule has 4 heteroatoms. The van der Waals surface area contributed by atoms with Crippen LogP contribution in [0.1, 0.15) is 58.3 Å². The van der Waals surface area contributed by atoms with Gasteiger partial charge >= 0.3 is 5.97 Å². The van der Waals surface area contributed by atoms with Crippen LogP contribution in [0.15, 0.2) is 12.2 Å². The Balaban J connectivity index is 2.29. The predicted molar refractivity (Wildman–Crippen MR) is 79.3 cm³/mol. The van der Waals surface area contributed by atoms with Gasteiger partial charge in [-0.25, -0.2) is 4.79 Å². The van der Waals surface area contributed by atoms with Crippen molar-refractivity contribution in [3.63, 3.8) is 0 Å². The van der Waals surface area contributed by atoms with Gasteiger partial charge in [0.05, 0.1) is 7.11 Å². The highest BCUT2D eigenvalue weighted by atomic mass is 16.5. The molecule has 20 heavy (non-hydrogen) atoms. The number of rotatable bonds is 8. The van der Waals surface area contributed by atoms with Crippen molar-refractivity contribution in [3.8, 4) is 0 Å². The van der Waals surface area contributed by atoms with Crippen LogP contribution in [0.3, 0.4) is 0 Å². The zero-order valence-electron chi connectivity index (χ0n) is 12.8. The number of nitrogens with zero attached hydrogens (tertiary/aromatic N) is 1. The van der Waals surface area contributed by atoms with Crippen molar-refractivity contribution in [2.75, 3.05) is 13.7 Å². The van der Waals surface area contributed by atoms with E-state index in [1.54, 1.807) is 11.0 Å². The number of ether oxygens (including phenoxy) is 1.